The number of ether oxygens (including phenoxy) is 1. The number of anilines is 1. The van der Waals surface area contributed by atoms with Gasteiger partial charge in [-0.05, 0) is 12.8 Å². The standard InChI is InChI=1S/C13H20N4O2/c1-4-6-10(5-2)16-13(18)17-12-7-11(8-19-3)14-9-15-12/h4,7,9-10H,1,5-6,8H2,2-3H3,(H2,14,15,16,17,18)/t10-/m1/s1. The predicted octanol–water partition coefficient (Wildman–Crippen LogP) is 2.10. The number of nitrogens with one attached hydrogen (secondary N) is 2. The van der Waals surface area contributed by atoms with Gasteiger partial charge in [0.05, 0.1) is 12.3 Å². The maximum Gasteiger partial charge on any atom is 0.320 e. The minimum absolute atomic E-state index is 0.0813. The van der Waals surface area contributed by atoms with Crippen molar-refractivity contribution in [3.8, 4) is 0 Å². The van der Waals surface area contributed by atoms with Crippen molar-refractivity contribution in [2.75, 3.05) is 12.4 Å². The van der Waals surface area contributed by atoms with Gasteiger partial charge in [0.1, 0.15) is 12.1 Å². The Morgan fingerprint density at radius 1 is 1.58 bits per heavy atom. The number of urea groups is 1. The summed E-state index contributed by atoms with van der Waals surface area (Å²) in [4.78, 5) is 19.8. The van der Waals surface area contributed by atoms with Crippen molar-refractivity contribution < 1.29 is 9.53 Å². The SMILES string of the molecule is C=CC[C@@H](CC)NC(=O)Nc1cc(COC)ncn1. The lowest BCUT2D eigenvalue weighted by Crippen LogP contribution is -2.37. The van der Waals surface area contributed by atoms with Crippen LogP contribution in [-0.4, -0.2) is 29.2 Å². The minimum atomic E-state index is -0.282. The summed E-state index contributed by atoms with van der Waals surface area (Å²) in [6.45, 7) is 6.06. The van der Waals surface area contributed by atoms with E-state index in [2.05, 4.69) is 27.2 Å². The number of methoxy groups -OCH3 is 1. The highest BCUT2D eigenvalue weighted by Crippen LogP contribution is 2.05. The van der Waals surface area contributed by atoms with Crippen molar-refractivity contribution in [3.05, 3.63) is 30.7 Å². The lowest BCUT2D eigenvalue weighted by Gasteiger charge is -2.15. The number of carbonyl (C=O) groups is 1. The first-order valence-corrected chi connectivity index (χ1v) is 6.17. The molecule has 0 aromatic carbocycles. The van der Waals surface area contributed by atoms with Gasteiger partial charge < -0.3 is 10.1 Å². The molecule has 19 heavy (non-hydrogen) atoms. The van der Waals surface area contributed by atoms with Gasteiger partial charge in [-0.15, -0.1) is 6.58 Å². The molecule has 1 aromatic heterocycles. The van der Waals surface area contributed by atoms with E-state index in [1.165, 1.54) is 6.33 Å². The Morgan fingerprint density at radius 3 is 3.00 bits per heavy atom. The van der Waals surface area contributed by atoms with E-state index in [1.54, 1.807) is 19.3 Å². The summed E-state index contributed by atoms with van der Waals surface area (Å²) in [5, 5.41) is 5.53. The predicted molar refractivity (Wildman–Crippen MR) is 73.8 cm³/mol. The molecule has 2 amide bonds. The molecule has 0 saturated carbocycles. The highest BCUT2D eigenvalue weighted by Gasteiger charge is 2.09. The van der Waals surface area contributed by atoms with E-state index in [-0.39, 0.29) is 12.1 Å². The second-order valence-corrected chi connectivity index (χ2v) is 4.06. The maximum atomic E-state index is 11.8. The van der Waals surface area contributed by atoms with Gasteiger partial charge >= 0.3 is 6.03 Å². The van der Waals surface area contributed by atoms with E-state index in [1.807, 2.05) is 6.92 Å². The summed E-state index contributed by atoms with van der Waals surface area (Å²) in [7, 11) is 1.59. The molecule has 0 spiro atoms. The Hall–Kier alpha value is -1.95. The minimum Gasteiger partial charge on any atom is -0.378 e. The number of amides is 2. The van der Waals surface area contributed by atoms with Gasteiger partial charge in [0.2, 0.25) is 0 Å². The van der Waals surface area contributed by atoms with Gasteiger partial charge in [0.25, 0.3) is 0 Å². The molecule has 1 heterocycles. The molecular weight excluding hydrogens is 244 g/mol. The third-order valence-electron chi connectivity index (χ3n) is 2.54. The Labute approximate surface area is 113 Å². The summed E-state index contributed by atoms with van der Waals surface area (Å²) in [6, 6.07) is 1.48. The van der Waals surface area contributed by atoms with E-state index < -0.39 is 0 Å². The van der Waals surface area contributed by atoms with Crippen LogP contribution in [0, 0.1) is 0 Å². The molecule has 104 valence electrons. The molecule has 2 N–H and O–H groups in total. The quantitative estimate of drug-likeness (QED) is 0.739. The monoisotopic (exact) mass is 264 g/mol. The Morgan fingerprint density at radius 2 is 2.37 bits per heavy atom. The van der Waals surface area contributed by atoms with Crippen LogP contribution in [0.5, 0.6) is 0 Å². The first kappa shape index (κ1) is 15.1. The molecule has 1 atom stereocenters. The number of hydrogen-bond donors (Lipinski definition) is 2. The second kappa shape index (κ2) is 8.20. The van der Waals surface area contributed by atoms with E-state index in [0.717, 1.165) is 12.8 Å². The van der Waals surface area contributed by atoms with Crippen molar-refractivity contribution in [2.45, 2.75) is 32.4 Å². The number of aromatic nitrogens is 2. The summed E-state index contributed by atoms with van der Waals surface area (Å²) >= 11 is 0. The molecule has 0 aliphatic carbocycles. The average molecular weight is 264 g/mol. The van der Waals surface area contributed by atoms with Crippen LogP contribution in [0.3, 0.4) is 0 Å². The van der Waals surface area contributed by atoms with E-state index in [0.29, 0.717) is 18.1 Å². The van der Waals surface area contributed by atoms with Crippen LogP contribution in [0.1, 0.15) is 25.5 Å². The number of nitrogens with zero attached hydrogens (tertiary/aromatic N) is 2. The smallest absolute Gasteiger partial charge is 0.320 e. The highest BCUT2D eigenvalue weighted by atomic mass is 16.5. The topological polar surface area (TPSA) is 76.1 Å². The fourth-order valence-corrected chi connectivity index (χ4v) is 1.56. The molecule has 6 nitrogen and oxygen atoms in total. The molecule has 1 aromatic rings. The summed E-state index contributed by atoms with van der Waals surface area (Å²) in [5.41, 5.74) is 0.714. The van der Waals surface area contributed by atoms with Gasteiger partial charge in [-0.3, -0.25) is 5.32 Å². The first-order chi connectivity index (χ1) is 9.19. The number of hydrogen-bond acceptors (Lipinski definition) is 4. The van der Waals surface area contributed by atoms with Gasteiger partial charge in [-0.2, -0.15) is 0 Å². The molecule has 0 saturated heterocycles. The van der Waals surface area contributed by atoms with Crippen LogP contribution in [0.25, 0.3) is 0 Å². The molecule has 0 radical (unpaired) electrons. The number of carbonyl (C=O) groups excluding carboxylic acids is 1. The largest absolute Gasteiger partial charge is 0.378 e. The summed E-state index contributed by atoms with van der Waals surface area (Å²) in [5.74, 6) is 0.452. The molecule has 0 aliphatic rings. The Bertz CT molecular complexity index is 423. The molecule has 0 aliphatic heterocycles. The third kappa shape index (κ3) is 5.48. The zero-order chi connectivity index (χ0) is 14.1. The van der Waals surface area contributed by atoms with Gasteiger partial charge in [0, 0.05) is 19.2 Å². The second-order valence-electron chi connectivity index (χ2n) is 4.06. The molecule has 1 rings (SSSR count). The van der Waals surface area contributed by atoms with Gasteiger partial charge in [-0.1, -0.05) is 13.0 Å². The van der Waals surface area contributed by atoms with Crippen molar-refractivity contribution in [3.63, 3.8) is 0 Å². The Kier molecular flexibility index (Phi) is 6.52. The van der Waals surface area contributed by atoms with Crippen LogP contribution in [0.2, 0.25) is 0 Å². The summed E-state index contributed by atoms with van der Waals surface area (Å²) in [6.07, 6.45) is 4.77. The number of rotatable bonds is 7. The average Bonchev–Trinajstić information content (AvgIpc) is 2.39. The van der Waals surface area contributed by atoms with Crippen LogP contribution in [-0.2, 0) is 11.3 Å². The van der Waals surface area contributed by atoms with E-state index in [4.69, 9.17) is 4.74 Å². The van der Waals surface area contributed by atoms with Gasteiger partial charge in [-0.25, -0.2) is 14.8 Å². The van der Waals surface area contributed by atoms with E-state index in [9.17, 15) is 4.79 Å². The molecule has 0 unspecified atom stereocenters. The zero-order valence-corrected chi connectivity index (χ0v) is 11.3. The molecule has 0 bridgehead atoms. The van der Waals surface area contributed by atoms with Crippen LogP contribution >= 0.6 is 0 Å². The maximum absolute atomic E-state index is 11.8. The normalized spacial score (nSPS) is 11.7. The molecule has 6 heteroatoms. The van der Waals surface area contributed by atoms with Crippen molar-refractivity contribution in [1.29, 1.82) is 0 Å². The molecule has 0 fully saturated rings. The van der Waals surface area contributed by atoms with Crippen molar-refractivity contribution in [2.24, 2.45) is 0 Å². The third-order valence-corrected chi connectivity index (χ3v) is 2.54. The highest BCUT2D eigenvalue weighted by molar-refractivity contribution is 5.88. The molecular formula is C13H20N4O2. The van der Waals surface area contributed by atoms with Crippen LogP contribution in [0.4, 0.5) is 10.6 Å². The lowest BCUT2D eigenvalue weighted by molar-refractivity contribution is 0.181. The fraction of sp³-hybridized carbons (Fsp3) is 0.462. The van der Waals surface area contributed by atoms with Crippen molar-refractivity contribution in [1.82, 2.24) is 15.3 Å². The van der Waals surface area contributed by atoms with Gasteiger partial charge in [0.15, 0.2) is 0 Å². The fourth-order valence-electron chi connectivity index (χ4n) is 1.56. The van der Waals surface area contributed by atoms with Crippen LogP contribution < -0.4 is 10.6 Å². The summed E-state index contributed by atoms with van der Waals surface area (Å²) < 4.78 is 4.97. The first-order valence-electron chi connectivity index (χ1n) is 6.17. The lowest BCUT2D eigenvalue weighted by atomic mass is 10.1. The van der Waals surface area contributed by atoms with Crippen molar-refractivity contribution >= 4 is 11.8 Å². The zero-order valence-electron chi connectivity index (χ0n) is 11.3. The van der Waals surface area contributed by atoms with Crippen LogP contribution in [0.15, 0.2) is 25.0 Å². The van der Waals surface area contributed by atoms with E-state index >= 15 is 0 Å². The Balaban J connectivity index is 2.55.